The zero-order valence-electron chi connectivity index (χ0n) is 17.8. The van der Waals surface area contributed by atoms with Gasteiger partial charge in [-0.15, -0.1) is 5.10 Å². The first-order valence-corrected chi connectivity index (χ1v) is 10.3. The molecule has 1 aliphatic rings. The standard InChI is InChI=1S/C22H29N3O5/c1-5-29-20(27)15-11-12-17(26)19(18(15)21(28)30-22(2,3)4)25-13-16(23-24-25)14-9-7-6-8-10-14/h6-10,13,15,17-19,26H,5,11-12H2,1-4H3/t15-,17+,18-,19-/m1/s1. The van der Waals surface area contributed by atoms with Crippen LogP contribution in [0.4, 0.5) is 0 Å². The van der Waals surface area contributed by atoms with Crippen molar-refractivity contribution in [2.75, 3.05) is 6.61 Å². The molecule has 0 bridgehead atoms. The molecule has 1 N–H and O–H groups in total. The van der Waals surface area contributed by atoms with Gasteiger partial charge in [-0.3, -0.25) is 9.59 Å². The van der Waals surface area contributed by atoms with Crippen LogP contribution >= 0.6 is 0 Å². The van der Waals surface area contributed by atoms with Gasteiger partial charge in [-0.2, -0.15) is 0 Å². The van der Waals surface area contributed by atoms with Crippen LogP contribution in [0.5, 0.6) is 0 Å². The number of aromatic nitrogens is 3. The Labute approximate surface area is 176 Å². The van der Waals surface area contributed by atoms with Crippen molar-refractivity contribution in [3.8, 4) is 11.3 Å². The van der Waals surface area contributed by atoms with Gasteiger partial charge in [0, 0.05) is 5.56 Å². The van der Waals surface area contributed by atoms with Gasteiger partial charge in [0.2, 0.25) is 0 Å². The predicted molar refractivity (Wildman–Crippen MR) is 109 cm³/mol. The van der Waals surface area contributed by atoms with Gasteiger partial charge in [-0.05, 0) is 40.5 Å². The Balaban J connectivity index is 1.98. The largest absolute Gasteiger partial charge is 0.466 e. The monoisotopic (exact) mass is 415 g/mol. The summed E-state index contributed by atoms with van der Waals surface area (Å²) in [5, 5.41) is 19.2. The lowest BCUT2D eigenvalue weighted by molar-refractivity contribution is -0.176. The number of hydrogen-bond acceptors (Lipinski definition) is 7. The summed E-state index contributed by atoms with van der Waals surface area (Å²) in [6.07, 6.45) is 1.49. The summed E-state index contributed by atoms with van der Waals surface area (Å²) in [6.45, 7) is 7.23. The molecule has 0 spiro atoms. The molecule has 0 saturated heterocycles. The van der Waals surface area contributed by atoms with Crippen LogP contribution < -0.4 is 0 Å². The molecule has 30 heavy (non-hydrogen) atoms. The Morgan fingerprint density at radius 1 is 1.17 bits per heavy atom. The van der Waals surface area contributed by atoms with Gasteiger partial charge in [0.15, 0.2) is 0 Å². The summed E-state index contributed by atoms with van der Waals surface area (Å²) < 4.78 is 12.3. The molecule has 1 aromatic heterocycles. The first-order valence-electron chi connectivity index (χ1n) is 10.3. The molecule has 1 saturated carbocycles. The van der Waals surface area contributed by atoms with E-state index in [4.69, 9.17) is 9.47 Å². The van der Waals surface area contributed by atoms with E-state index in [9.17, 15) is 14.7 Å². The van der Waals surface area contributed by atoms with Gasteiger partial charge < -0.3 is 14.6 Å². The molecule has 2 aromatic rings. The molecule has 4 atom stereocenters. The minimum Gasteiger partial charge on any atom is -0.466 e. The summed E-state index contributed by atoms with van der Waals surface area (Å²) in [5.41, 5.74) is 0.745. The summed E-state index contributed by atoms with van der Waals surface area (Å²) in [5.74, 6) is -2.68. The van der Waals surface area contributed by atoms with E-state index in [1.54, 1.807) is 33.9 Å². The molecule has 1 heterocycles. The van der Waals surface area contributed by atoms with Crippen LogP contribution in [0.15, 0.2) is 36.5 Å². The van der Waals surface area contributed by atoms with E-state index in [1.807, 2.05) is 30.3 Å². The fraction of sp³-hybridized carbons (Fsp3) is 0.545. The quantitative estimate of drug-likeness (QED) is 0.749. The van der Waals surface area contributed by atoms with Crippen LogP contribution in [0.2, 0.25) is 0 Å². The van der Waals surface area contributed by atoms with Crippen LogP contribution in [0.1, 0.15) is 46.6 Å². The Hall–Kier alpha value is -2.74. The van der Waals surface area contributed by atoms with Crippen LogP contribution in [0.3, 0.4) is 0 Å². The SMILES string of the molecule is CCOC(=O)[C@@H]1CC[C@H](O)[C@@H](n2cc(-c3ccccc3)nn2)[C@@H]1C(=O)OC(C)(C)C. The summed E-state index contributed by atoms with van der Waals surface area (Å²) in [6, 6.07) is 8.71. The molecular formula is C22H29N3O5. The number of carbonyl (C=O) groups is 2. The van der Waals surface area contributed by atoms with Crippen molar-refractivity contribution in [3.63, 3.8) is 0 Å². The number of hydrogen-bond donors (Lipinski definition) is 1. The van der Waals surface area contributed by atoms with Crippen molar-refractivity contribution in [1.82, 2.24) is 15.0 Å². The van der Waals surface area contributed by atoms with Gasteiger partial charge in [0.05, 0.1) is 36.8 Å². The molecular weight excluding hydrogens is 386 g/mol. The fourth-order valence-electron chi connectivity index (χ4n) is 3.87. The Kier molecular flexibility index (Phi) is 6.55. The molecule has 8 heteroatoms. The smallest absolute Gasteiger partial charge is 0.312 e. The highest BCUT2D eigenvalue weighted by molar-refractivity contribution is 5.83. The Morgan fingerprint density at radius 3 is 2.50 bits per heavy atom. The minimum atomic E-state index is -0.933. The van der Waals surface area contributed by atoms with Gasteiger partial charge >= 0.3 is 11.9 Å². The van der Waals surface area contributed by atoms with Crippen molar-refractivity contribution in [2.45, 2.75) is 58.3 Å². The zero-order chi connectivity index (χ0) is 21.9. The number of carbonyl (C=O) groups excluding carboxylic acids is 2. The van der Waals surface area contributed by atoms with Gasteiger partial charge in [-0.1, -0.05) is 35.5 Å². The first-order chi connectivity index (χ1) is 14.2. The van der Waals surface area contributed by atoms with E-state index in [1.165, 1.54) is 4.68 Å². The van der Waals surface area contributed by atoms with Crippen LogP contribution in [0, 0.1) is 11.8 Å². The summed E-state index contributed by atoms with van der Waals surface area (Å²) >= 11 is 0. The highest BCUT2D eigenvalue weighted by Gasteiger charge is 2.49. The number of rotatable bonds is 5. The first kappa shape index (κ1) is 22.0. The fourth-order valence-corrected chi connectivity index (χ4v) is 3.87. The number of aliphatic hydroxyl groups excluding tert-OH is 1. The summed E-state index contributed by atoms with van der Waals surface area (Å²) in [7, 11) is 0. The summed E-state index contributed by atoms with van der Waals surface area (Å²) in [4.78, 5) is 25.8. The van der Waals surface area contributed by atoms with Gasteiger partial charge in [0.1, 0.15) is 11.3 Å². The van der Waals surface area contributed by atoms with Crippen molar-refractivity contribution < 1.29 is 24.2 Å². The van der Waals surface area contributed by atoms with Crippen molar-refractivity contribution >= 4 is 11.9 Å². The number of nitrogens with zero attached hydrogens (tertiary/aromatic N) is 3. The molecule has 8 nitrogen and oxygen atoms in total. The number of ether oxygens (including phenoxy) is 2. The minimum absolute atomic E-state index is 0.213. The lowest BCUT2D eigenvalue weighted by Crippen LogP contribution is -2.48. The van der Waals surface area contributed by atoms with Crippen molar-refractivity contribution in [1.29, 1.82) is 0 Å². The van der Waals surface area contributed by atoms with E-state index < -0.39 is 41.5 Å². The molecule has 1 fully saturated rings. The van der Waals surface area contributed by atoms with E-state index in [0.29, 0.717) is 18.5 Å². The third-order valence-electron chi connectivity index (χ3n) is 5.12. The van der Waals surface area contributed by atoms with Crippen molar-refractivity contribution in [2.24, 2.45) is 11.8 Å². The van der Waals surface area contributed by atoms with Gasteiger partial charge in [-0.25, -0.2) is 4.68 Å². The number of benzene rings is 1. The molecule has 0 radical (unpaired) electrons. The lowest BCUT2D eigenvalue weighted by atomic mass is 9.74. The van der Waals surface area contributed by atoms with E-state index in [-0.39, 0.29) is 6.61 Å². The molecule has 3 rings (SSSR count). The molecule has 162 valence electrons. The number of esters is 2. The van der Waals surface area contributed by atoms with E-state index in [0.717, 1.165) is 5.56 Å². The molecule has 0 aliphatic heterocycles. The highest BCUT2D eigenvalue weighted by Crippen LogP contribution is 2.40. The second kappa shape index (κ2) is 8.95. The second-order valence-corrected chi connectivity index (χ2v) is 8.50. The molecule has 0 amide bonds. The predicted octanol–water partition coefficient (Wildman–Crippen LogP) is 2.78. The second-order valence-electron chi connectivity index (χ2n) is 8.50. The third kappa shape index (κ3) is 4.87. The van der Waals surface area contributed by atoms with Crippen LogP contribution in [-0.2, 0) is 19.1 Å². The maximum atomic E-state index is 13.1. The average Bonchev–Trinajstić information content (AvgIpc) is 3.17. The molecule has 0 unspecified atom stereocenters. The Morgan fingerprint density at radius 2 is 1.87 bits per heavy atom. The maximum absolute atomic E-state index is 13.1. The lowest BCUT2D eigenvalue weighted by Gasteiger charge is -2.39. The Bertz CT molecular complexity index is 874. The maximum Gasteiger partial charge on any atom is 0.312 e. The van der Waals surface area contributed by atoms with Crippen LogP contribution in [0.25, 0.3) is 11.3 Å². The highest BCUT2D eigenvalue weighted by atomic mass is 16.6. The van der Waals surface area contributed by atoms with Gasteiger partial charge in [0.25, 0.3) is 0 Å². The third-order valence-corrected chi connectivity index (χ3v) is 5.12. The van der Waals surface area contributed by atoms with E-state index in [2.05, 4.69) is 10.3 Å². The number of aliphatic hydroxyl groups is 1. The molecule has 1 aliphatic carbocycles. The van der Waals surface area contributed by atoms with Crippen LogP contribution in [-0.4, -0.2) is 50.4 Å². The average molecular weight is 415 g/mol. The molecule has 1 aromatic carbocycles. The zero-order valence-corrected chi connectivity index (χ0v) is 17.8. The van der Waals surface area contributed by atoms with E-state index >= 15 is 0 Å². The normalized spacial score (nSPS) is 24.3. The topological polar surface area (TPSA) is 104 Å². The van der Waals surface area contributed by atoms with Crippen molar-refractivity contribution in [3.05, 3.63) is 36.5 Å².